The van der Waals surface area contributed by atoms with Gasteiger partial charge in [0.05, 0.1) is 19.6 Å². The molecule has 0 aliphatic heterocycles. The highest BCUT2D eigenvalue weighted by molar-refractivity contribution is 5.77. The van der Waals surface area contributed by atoms with Gasteiger partial charge in [-0.2, -0.15) is 0 Å². The molecule has 0 fully saturated rings. The van der Waals surface area contributed by atoms with Crippen molar-refractivity contribution in [3.8, 4) is 11.5 Å². The number of methoxy groups -OCH3 is 2. The van der Waals surface area contributed by atoms with Crippen molar-refractivity contribution >= 4 is 23.1 Å². The average Bonchev–Trinajstić information content (AvgIpc) is 2.65. The second-order valence-electron chi connectivity index (χ2n) is 5.34. The van der Waals surface area contributed by atoms with Gasteiger partial charge in [-0.15, -0.1) is 0 Å². The fraction of sp³-hybridized carbons (Fsp3) is 0.0952. The van der Waals surface area contributed by atoms with E-state index in [4.69, 9.17) is 13.9 Å². The standard InChI is InChI=1S/C21H18O4/c1-23-20-12-11-15(13-21(20)24-2)7-3-4-8-16-14-18(22)17-9-5-6-10-19(17)25-16/h3-14H,1-2H3/b7-3+,8-4+. The maximum Gasteiger partial charge on any atom is 0.193 e. The molecule has 0 aliphatic rings. The second kappa shape index (κ2) is 7.53. The molecule has 1 aromatic heterocycles. The van der Waals surface area contributed by atoms with E-state index in [0.29, 0.717) is 28.2 Å². The third kappa shape index (κ3) is 3.80. The van der Waals surface area contributed by atoms with Crippen molar-refractivity contribution in [3.63, 3.8) is 0 Å². The summed E-state index contributed by atoms with van der Waals surface area (Å²) < 4.78 is 16.2. The minimum absolute atomic E-state index is 0.0506. The quantitative estimate of drug-likeness (QED) is 0.643. The summed E-state index contributed by atoms with van der Waals surface area (Å²) in [6, 6.07) is 14.4. The van der Waals surface area contributed by atoms with E-state index in [9.17, 15) is 4.79 Å². The Morgan fingerprint density at radius 3 is 2.44 bits per heavy atom. The first-order chi connectivity index (χ1) is 12.2. The Bertz CT molecular complexity index is 996. The number of para-hydroxylation sites is 1. The monoisotopic (exact) mass is 334 g/mol. The summed E-state index contributed by atoms with van der Waals surface area (Å²) in [7, 11) is 3.21. The zero-order chi connectivity index (χ0) is 17.6. The first-order valence-corrected chi connectivity index (χ1v) is 7.81. The van der Waals surface area contributed by atoms with E-state index in [1.54, 1.807) is 32.4 Å². The van der Waals surface area contributed by atoms with Crippen LogP contribution < -0.4 is 14.9 Å². The average molecular weight is 334 g/mol. The van der Waals surface area contributed by atoms with Gasteiger partial charge in [0.1, 0.15) is 11.3 Å². The van der Waals surface area contributed by atoms with Crippen molar-refractivity contribution < 1.29 is 13.9 Å². The van der Waals surface area contributed by atoms with Crippen LogP contribution in [0.2, 0.25) is 0 Å². The molecule has 2 aromatic carbocycles. The molecule has 0 saturated carbocycles. The molecule has 1 heterocycles. The van der Waals surface area contributed by atoms with E-state index in [1.165, 1.54) is 6.07 Å². The number of allylic oxidation sites excluding steroid dienone is 2. The maximum atomic E-state index is 12.0. The summed E-state index contributed by atoms with van der Waals surface area (Å²) in [5.41, 5.74) is 1.51. The van der Waals surface area contributed by atoms with E-state index < -0.39 is 0 Å². The molecule has 4 heteroatoms. The van der Waals surface area contributed by atoms with Crippen LogP contribution in [0, 0.1) is 0 Å². The van der Waals surface area contributed by atoms with Crippen LogP contribution in [0.5, 0.6) is 11.5 Å². The van der Waals surface area contributed by atoms with Crippen molar-refractivity contribution in [2.75, 3.05) is 14.2 Å². The number of ether oxygens (including phenoxy) is 2. The molecule has 3 aromatic rings. The summed E-state index contributed by atoms with van der Waals surface area (Å²) in [6.07, 6.45) is 7.38. The Morgan fingerprint density at radius 1 is 0.880 bits per heavy atom. The Labute approximate surface area is 145 Å². The third-order valence-electron chi connectivity index (χ3n) is 3.72. The van der Waals surface area contributed by atoms with E-state index in [1.807, 2.05) is 48.6 Å². The van der Waals surface area contributed by atoms with Crippen LogP contribution in [0.25, 0.3) is 23.1 Å². The predicted molar refractivity (Wildman–Crippen MR) is 100 cm³/mol. The Kier molecular flexibility index (Phi) is 5.00. The Balaban J connectivity index is 1.79. The second-order valence-corrected chi connectivity index (χ2v) is 5.34. The fourth-order valence-corrected chi connectivity index (χ4v) is 2.48. The van der Waals surface area contributed by atoms with Crippen LogP contribution in [-0.4, -0.2) is 14.2 Å². The zero-order valence-electron chi connectivity index (χ0n) is 14.1. The van der Waals surface area contributed by atoms with Crippen LogP contribution in [-0.2, 0) is 0 Å². The fourth-order valence-electron chi connectivity index (χ4n) is 2.48. The largest absolute Gasteiger partial charge is 0.493 e. The molecule has 0 bridgehead atoms. The summed E-state index contributed by atoms with van der Waals surface area (Å²) >= 11 is 0. The van der Waals surface area contributed by atoms with Gasteiger partial charge in [-0.1, -0.05) is 36.4 Å². The van der Waals surface area contributed by atoms with Gasteiger partial charge in [-0.25, -0.2) is 0 Å². The first-order valence-electron chi connectivity index (χ1n) is 7.81. The van der Waals surface area contributed by atoms with Crippen LogP contribution in [0.3, 0.4) is 0 Å². The highest BCUT2D eigenvalue weighted by Gasteiger charge is 2.02. The molecule has 0 unspecified atom stereocenters. The number of rotatable bonds is 5. The highest BCUT2D eigenvalue weighted by atomic mass is 16.5. The summed E-state index contributed by atoms with van der Waals surface area (Å²) in [4.78, 5) is 12.0. The van der Waals surface area contributed by atoms with Gasteiger partial charge in [0, 0.05) is 6.07 Å². The van der Waals surface area contributed by atoms with E-state index in [-0.39, 0.29) is 5.43 Å². The molecular weight excluding hydrogens is 316 g/mol. The lowest BCUT2D eigenvalue weighted by atomic mass is 10.2. The molecule has 3 rings (SSSR count). The lowest BCUT2D eigenvalue weighted by molar-refractivity contribution is 0.355. The first kappa shape index (κ1) is 16.6. The minimum atomic E-state index is -0.0506. The predicted octanol–water partition coefficient (Wildman–Crippen LogP) is 4.54. The lowest BCUT2D eigenvalue weighted by Gasteiger charge is -2.07. The Hall–Kier alpha value is -3.27. The van der Waals surface area contributed by atoms with Crippen molar-refractivity contribution in [2.45, 2.75) is 0 Å². The van der Waals surface area contributed by atoms with Crippen molar-refractivity contribution in [2.24, 2.45) is 0 Å². The van der Waals surface area contributed by atoms with E-state index in [0.717, 1.165) is 5.56 Å². The van der Waals surface area contributed by atoms with Gasteiger partial charge in [-0.3, -0.25) is 4.79 Å². The van der Waals surface area contributed by atoms with Crippen LogP contribution in [0.15, 0.2) is 69.9 Å². The number of fused-ring (bicyclic) bond motifs is 1. The third-order valence-corrected chi connectivity index (χ3v) is 3.72. The van der Waals surface area contributed by atoms with Crippen LogP contribution >= 0.6 is 0 Å². The van der Waals surface area contributed by atoms with Crippen LogP contribution in [0.1, 0.15) is 11.3 Å². The van der Waals surface area contributed by atoms with Crippen molar-refractivity contribution in [1.82, 2.24) is 0 Å². The van der Waals surface area contributed by atoms with Gasteiger partial charge in [0.15, 0.2) is 16.9 Å². The molecule has 0 amide bonds. The summed E-state index contributed by atoms with van der Waals surface area (Å²) in [5.74, 6) is 1.88. The van der Waals surface area contributed by atoms with Gasteiger partial charge >= 0.3 is 0 Å². The molecule has 0 N–H and O–H groups in total. The molecule has 0 radical (unpaired) electrons. The molecule has 0 saturated heterocycles. The summed E-state index contributed by atoms with van der Waals surface area (Å²) in [5, 5.41) is 0.584. The number of hydrogen-bond donors (Lipinski definition) is 0. The van der Waals surface area contributed by atoms with E-state index in [2.05, 4.69) is 0 Å². The molecule has 126 valence electrons. The van der Waals surface area contributed by atoms with Gasteiger partial charge in [0.2, 0.25) is 0 Å². The SMILES string of the molecule is COc1ccc(/C=C/C=C/c2cc(=O)c3ccccc3o2)cc1OC. The normalized spacial score (nSPS) is 11.4. The van der Waals surface area contributed by atoms with Gasteiger partial charge in [0.25, 0.3) is 0 Å². The van der Waals surface area contributed by atoms with Gasteiger partial charge < -0.3 is 13.9 Å². The Morgan fingerprint density at radius 2 is 1.64 bits per heavy atom. The molecular formula is C21H18O4. The van der Waals surface area contributed by atoms with Crippen molar-refractivity contribution in [1.29, 1.82) is 0 Å². The minimum Gasteiger partial charge on any atom is -0.493 e. The zero-order valence-corrected chi connectivity index (χ0v) is 14.1. The number of hydrogen-bond acceptors (Lipinski definition) is 4. The topological polar surface area (TPSA) is 48.7 Å². The molecule has 4 nitrogen and oxygen atoms in total. The lowest BCUT2D eigenvalue weighted by Crippen LogP contribution is -1.99. The van der Waals surface area contributed by atoms with Gasteiger partial charge in [-0.05, 0) is 35.9 Å². The molecule has 0 atom stereocenters. The molecule has 25 heavy (non-hydrogen) atoms. The van der Waals surface area contributed by atoms with E-state index >= 15 is 0 Å². The smallest absolute Gasteiger partial charge is 0.193 e. The molecule has 0 spiro atoms. The molecule has 0 aliphatic carbocycles. The number of benzene rings is 2. The van der Waals surface area contributed by atoms with Crippen LogP contribution in [0.4, 0.5) is 0 Å². The van der Waals surface area contributed by atoms with Crippen molar-refractivity contribution in [3.05, 3.63) is 82.2 Å². The highest BCUT2D eigenvalue weighted by Crippen LogP contribution is 2.27. The summed E-state index contributed by atoms with van der Waals surface area (Å²) in [6.45, 7) is 0. The maximum absolute atomic E-state index is 12.0.